The van der Waals surface area contributed by atoms with Crippen molar-refractivity contribution in [2.45, 2.75) is 31.3 Å². The molecular formula is C39H32ClN3O3S2. The Morgan fingerprint density at radius 1 is 0.979 bits per heavy atom. The van der Waals surface area contributed by atoms with Gasteiger partial charge in [-0.1, -0.05) is 102 Å². The van der Waals surface area contributed by atoms with Gasteiger partial charge in [-0.2, -0.15) is 0 Å². The van der Waals surface area contributed by atoms with Crippen molar-refractivity contribution in [3.05, 3.63) is 161 Å². The van der Waals surface area contributed by atoms with E-state index in [9.17, 15) is 9.59 Å². The first-order valence-corrected chi connectivity index (χ1v) is 18.0. The van der Waals surface area contributed by atoms with Crippen LogP contribution in [-0.4, -0.2) is 28.0 Å². The van der Waals surface area contributed by atoms with Gasteiger partial charge in [0.1, 0.15) is 0 Å². The van der Waals surface area contributed by atoms with E-state index in [1.807, 2.05) is 103 Å². The summed E-state index contributed by atoms with van der Waals surface area (Å²) in [5.41, 5.74) is 6.26. The van der Waals surface area contributed by atoms with Crippen LogP contribution in [0.25, 0.3) is 22.7 Å². The highest BCUT2D eigenvalue weighted by Gasteiger charge is 2.35. The number of aromatic nitrogens is 2. The second-order valence-electron chi connectivity index (χ2n) is 11.4. The highest BCUT2D eigenvalue weighted by atomic mass is 35.5. The maximum atomic E-state index is 14.6. The number of hydrogen-bond acceptors (Lipinski definition) is 6. The molecule has 0 fully saturated rings. The minimum Gasteiger partial charge on any atom is -0.463 e. The third-order valence-electron chi connectivity index (χ3n) is 8.65. The molecule has 0 saturated carbocycles. The lowest BCUT2D eigenvalue weighted by Crippen LogP contribution is -2.40. The van der Waals surface area contributed by atoms with E-state index in [-0.39, 0.29) is 12.2 Å². The number of thiazole rings is 1. The number of fused-ring (bicyclic) bond motifs is 2. The van der Waals surface area contributed by atoms with Crippen LogP contribution < -0.4 is 14.9 Å². The predicted octanol–water partition coefficient (Wildman–Crippen LogP) is 7.62. The number of esters is 1. The van der Waals surface area contributed by atoms with Gasteiger partial charge in [0.15, 0.2) is 4.80 Å². The molecule has 1 aliphatic heterocycles. The van der Waals surface area contributed by atoms with Crippen molar-refractivity contribution >= 4 is 63.3 Å². The van der Waals surface area contributed by atoms with Crippen LogP contribution in [0.5, 0.6) is 0 Å². The Morgan fingerprint density at radius 3 is 2.42 bits per heavy atom. The SMILES string of the molecule is CCOC(=O)C1=C(c2ccccc2)N=c2s/c(=C\c3c(C)n(Cc4ccccc4Cl)c4ccccc34)c(=O)n2[C@@H]1c1ccc(SC)cc1. The van der Waals surface area contributed by atoms with Crippen LogP contribution in [0, 0.1) is 6.92 Å². The number of hydrogen-bond donors (Lipinski definition) is 0. The average molecular weight is 690 g/mol. The third-order valence-corrected chi connectivity index (χ3v) is 10.7. The van der Waals surface area contributed by atoms with Crippen LogP contribution in [0.2, 0.25) is 5.02 Å². The third kappa shape index (κ3) is 5.74. The summed E-state index contributed by atoms with van der Waals surface area (Å²) >= 11 is 9.53. The number of halogens is 1. The smallest absolute Gasteiger partial charge is 0.338 e. The number of ether oxygens (including phenoxy) is 1. The number of carbonyl (C=O) groups is 1. The summed E-state index contributed by atoms with van der Waals surface area (Å²) < 4.78 is 10.0. The normalized spacial score (nSPS) is 14.7. The van der Waals surface area contributed by atoms with Gasteiger partial charge in [0.05, 0.1) is 28.5 Å². The molecule has 0 radical (unpaired) electrons. The molecule has 2 aromatic heterocycles. The summed E-state index contributed by atoms with van der Waals surface area (Å²) in [5.74, 6) is -0.494. The molecule has 0 bridgehead atoms. The lowest BCUT2D eigenvalue weighted by atomic mass is 9.93. The van der Waals surface area contributed by atoms with Crippen LogP contribution in [0.1, 0.15) is 40.9 Å². The number of para-hydroxylation sites is 1. The minimum absolute atomic E-state index is 0.199. The van der Waals surface area contributed by atoms with E-state index in [0.29, 0.717) is 32.2 Å². The summed E-state index contributed by atoms with van der Waals surface area (Å²) in [6.07, 6.45) is 3.98. The topological polar surface area (TPSA) is 65.6 Å². The first-order chi connectivity index (χ1) is 23.4. The van der Waals surface area contributed by atoms with Gasteiger partial charge in [0, 0.05) is 44.2 Å². The Bertz CT molecular complexity index is 2390. The molecule has 6 nitrogen and oxygen atoms in total. The van der Waals surface area contributed by atoms with Crippen molar-refractivity contribution in [2.24, 2.45) is 4.99 Å². The molecule has 1 aliphatic rings. The average Bonchev–Trinajstić information content (AvgIpc) is 3.57. The number of rotatable bonds is 8. The van der Waals surface area contributed by atoms with E-state index < -0.39 is 12.0 Å². The van der Waals surface area contributed by atoms with Crippen LogP contribution in [0.15, 0.2) is 123 Å². The molecule has 240 valence electrons. The van der Waals surface area contributed by atoms with Crippen LogP contribution >= 0.6 is 34.7 Å². The van der Waals surface area contributed by atoms with E-state index in [1.54, 1.807) is 23.3 Å². The van der Waals surface area contributed by atoms with Gasteiger partial charge in [-0.05, 0) is 61.6 Å². The molecule has 6 aromatic rings. The standard InChI is InChI=1S/C39H32ClN3O3S2/c1-4-46-38(45)34-35(25-12-6-5-7-13-25)41-39-43(36(34)26-18-20-28(47-3)21-19-26)37(44)33(48-39)22-30-24(2)42(32-17-11-9-15-29(30)32)23-27-14-8-10-16-31(27)40/h5-22,36H,4,23H2,1-3H3/b33-22-/t36-/m1/s1. The number of benzene rings is 4. The maximum absolute atomic E-state index is 14.6. The summed E-state index contributed by atoms with van der Waals surface area (Å²) in [6, 6.07) is 32.9. The monoisotopic (exact) mass is 689 g/mol. The van der Waals surface area contributed by atoms with Crippen molar-refractivity contribution < 1.29 is 9.53 Å². The number of carbonyl (C=O) groups excluding carboxylic acids is 1. The van der Waals surface area contributed by atoms with Gasteiger partial charge in [0.25, 0.3) is 5.56 Å². The van der Waals surface area contributed by atoms with Crippen molar-refractivity contribution in [1.82, 2.24) is 9.13 Å². The highest BCUT2D eigenvalue weighted by Crippen LogP contribution is 2.36. The Balaban J connectivity index is 1.47. The Kier molecular flexibility index (Phi) is 8.96. The molecule has 0 unspecified atom stereocenters. The summed E-state index contributed by atoms with van der Waals surface area (Å²) in [6.45, 7) is 4.64. The van der Waals surface area contributed by atoms with Gasteiger partial charge in [-0.15, -0.1) is 11.8 Å². The second-order valence-corrected chi connectivity index (χ2v) is 13.7. The zero-order valence-electron chi connectivity index (χ0n) is 26.6. The van der Waals surface area contributed by atoms with E-state index in [0.717, 1.165) is 43.7 Å². The summed E-state index contributed by atoms with van der Waals surface area (Å²) in [5, 5.41) is 1.75. The number of thioether (sulfide) groups is 1. The van der Waals surface area contributed by atoms with Crippen LogP contribution in [0.3, 0.4) is 0 Å². The molecule has 1 atom stereocenters. The van der Waals surface area contributed by atoms with E-state index in [4.69, 9.17) is 21.3 Å². The van der Waals surface area contributed by atoms with Crippen molar-refractivity contribution in [3.8, 4) is 0 Å². The molecule has 48 heavy (non-hydrogen) atoms. The van der Waals surface area contributed by atoms with Gasteiger partial charge in [-0.3, -0.25) is 9.36 Å². The molecule has 7 rings (SSSR count). The molecule has 0 amide bonds. The first-order valence-electron chi connectivity index (χ1n) is 15.6. The Morgan fingerprint density at radius 2 is 1.69 bits per heavy atom. The lowest BCUT2D eigenvalue weighted by Gasteiger charge is -2.26. The minimum atomic E-state index is -0.726. The number of nitrogens with zero attached hydrogens (tertiary/aromatic N) is 3. The van der Waals surface area contributed by atoms with Crippen molar-refractivity contribution in [2.75, 3.05) is 12.9 Å². The van der Waals surface area contributed by atoms with E-state index >= 15 is 0 Å². The van der Waals surface area contributed by atoms with E-state index in [1.165, 1.54) is 11.3 Å². The Labute approximate surface area is 291 Å². The summed E-state index contributed by atoms with van der Waals surface area (Å²) in [4.78, 5) is 35.0. The first kappa shape index (κ1) is 31.9. The van der Waals surface area contributed by atoms with Crippen molar-refractivity contribution in [1.29, 1.82) is 0 Å². The fraction of sp³-hybridized carbons (Fsp3) is 0.154. The highest BCUT2D eigenvalue weighted by molar-refractivity contribution is 7.98. The summed E-state index contributed by atoms with van der Waals surface area (Å²) in [7, 11) is 0. The van der Waals surface area contributed by atoms with Gasteiger partial charge >= 0.3 is 5.97 Å². The lowest BCUT2D eigenvalue weighted by molar-refractivity contribution is -0.138. The molecule has 9 heteroatoms. The molecule has 0 aliphatic carbocycles. The molecule has 0 N–H and O–H groups in total. The molecular weight excluding hydrogens is 658 g/mol. The largest absolute Gasteiger partial charge is 0.463 e. The maximum Gasteiger partial charge on any atom is 0.338 e. The van der Waals surface area contributed by atoms with Gasteiger partial charge in [-0.25, -0.2) is 9.79 Å². The fourth-order valence-electron chi connectivity index (χ4n) is 6.31. The molecule has 0 saturated heterocycles. The van der Waals surface area contributed by atoms with Crippen molar-refractivity contribution in [3.63, 3.8) is 0 Å². The quantitative estimate of drug-likeness (QED) is 0.122. The zero-order valence-corrected chi connectivity index (χ0v) is 29.0. The van der Waals surface area contributed by atoms with Crippen LogP contribution in [-0.2, 0) is 16.1 Å². The molecule has 3 heterocycles. The zero-order chi connectivity index (χ0) is 33.4. The van der Waals surface area contributed by atoms with Crippen LogP contribution in [0.4, 0.5) is 0 Å². The second kappa shape index (κ2) is 13.5. The molecule has 4 aromatic carbocycles. The predicted molar refractivity (Wildman–Crippen MR) is 197 cm³/mol. The van der Waals surface area contributed by atoms with Gasteiger partial charge < -0.3 is 9.30 Å². The fourth-order valence-corrected chi connectivity index (χ4v) is 7.90. The Hall–Kier alpha value is -4.63. The van der Waals surface area contributed by atoms with Gasteiger partial charge in [0.2, 0.25) is 0 Å². The van der Waals surface area contributed by atoms with E-state index in [2.05, 4.69) is 23.6 Å². The molecule has 0 spiro atoms.